The van der Waals surface area contributed by atoms with Crippen LogP contribution in [0.15, 0.2) is 18.2 Å². The van der Waals surface area contributed by atoms with E-state index in [0.29, 0.717) is 5.52 Å². The summed E-state index contributed by atoms with van der Waals surface area (Å²) in [5, 5.41) is 19.2. The Kier molecular flexibility index (Phi) is 3.24. The lowest BCUT2D eigenvalue weighted by molar-refractivity contribution is 0.0557. The standard InChI is InChI=1S/C16H20N2O3/c1-10(2)14-17-13-11(15(20)21)5-3-6-12(13)18(14)16(9-19)7-4-8-16/h3,5-6,10,19H,4,7-9H2,1-2H3,(H,20,21). The van der Waals surface area contributed by atoms with Crippen LogP contribution in [0.2, 0.25) is 0 Å². The topological polar surface area (TPSA) is 75.3 Å². The van der Waals surface area contributed by atoms with Crippen LogP contribution in [0, 0.1) is 0 Å². The minimum Gasteiger partial charge on any atom is -0.478 e. The van der Waals surface area contributed by atoms with E-state index in [1.807, 2.05) is 19.9 Å². The van der Waals surface area contributed by atoms with E-state index >= 15 is 0 Å². The Balaban J connectivity index is 2.34. The molecule has 1 aliphatic carbocycles. The molecule has 112 valence electrons. The molecule has 0 saturated heterocycles. The molecule has 0 spiro atoms. The van der Waals surface area contributed by atoms with Crippen molar-refractivity contribution in [3.05, 3.63) is 29.6 Å². The molecule has 2 aromatic rings. The Hall–Kier alpha value is -1.88. The molecular weight excluding hydrogens is 268 g/mol. The molecule has 1 aromatic heterocycles. The number of hydrogen-bond acceptors (Lipinski definition) is 3. The van der Waals surface area contributed by atoms with Crippen LogP contribution in [0.3, 0.4) is 0 Å². The first-order chi connectivity index (χ1) is 10.00. The molecule has 3 rings (SSSR count). The summed E-state index contributed by atoms with van der Waals surface area (Å²) in [4.78, 5) is 16.0. The number of aromatic carboxylic acids is 1. The van der Waals surface area contributed by atoms with Crippen LogP contribution in [0.5, 0.6) is 0 Å². The number of carboxylic acid groups (broad SMARTS) is 1. The van der Waals surface area contributed by atoms with E-state index in [0.717, 1.165) is 30.6 Å². The van der Waals surface area contributed by atoms with Crippen molar-refractivity contribution in [2.24, 2.45) is 0 Å². The summed E-state index contributed by atoms with van der Waals surface area (Å²) in [5.41, 5.74) is 1.24. The minimum atomic E-state index is -0.966. The number of hydrogen-bond donors (Lipinski definition) is 2. The van der Waals surface area contributed by atoms with Gasteiger partial charge in [-0.2, -0.15) is 0 Å². The highest BCUT2D eigenvalue weighted by Gasteiger charge is 2.41. The molecule has 21 heavy (non-hydrogen) atoms. The van der Waals surface area contributed by atoms with E-state index in [-0.39, 0.29) is 23.6 Å². The van der Waals surface area contributed by atoms with Gasteiger partial charge in [0, 0.05) is 5.92 Å². The van der Waals surface area contributed by atoms with Gasteiger partial charge in [0.2, 0.25) is 0 Å². The lowest BCUT2D eigenvalue weighted by Crippen LogP contribution is -2.45. The maximum atomic E-state index is 11.4. The van der Waals surface area contributed by atoms with Gasteiger partial charge in [-0.05, 0) is 31.4 Å². The third kappa shape index (κ3) is 1.95. The Labute approximate surface area is 123 Å². The first kappa shape index (κ1) is 14.1. The average Bonchev–Trinajstić information content (AvgIpc) is 2.78. The highest BCUT2D eigenvalue weighted by atomic mass is 16.4. The van der Waals surface area contributed by atoms with Gasteiger partial charge >= 0.3 is 5.97 Å². The zero-order valence-corrected chi connectivity index (χ0v) is 12.3. The van der Waals surface area contributed by atoms with Crippen molar-refractivity contribution in [3.8, 4) is 0 Å². The molecular formula is C16H20N2O3. The van der Waals surface area contributed by atoms with Crippen molar-refractivity contribution in [2.45, 2.75) is 44.6 Å². The van der Waals surface area contributed by atoms with E-state index in [9.17, 15) is 15.0 Å². The number of benzene rings is 1. The zero-order valence-electron chi connectivity index (χ0n) is 12.3. The number of nitrogens with zero attached hydrogens (tertiary/aromatic N) is 2. The molecule has 1 saturated carbocycles. The highest BCUT2D eigenvalue weighted by molar-refractivity contribution is 6.01. The third-order valence-electron chi connectivity index (χ3n) is 4.51. The smallest absolute Gasteiger partial charge is 0.337 e. The summed E-state index contributed by atoms with van der Waals surface area (Å²) in [6.07, 6.45) is 2.90. The fraction of sp³-hybridized carbons (Fsp3) is 0.500. The Bertz CT molecular complexity index is 693. The normalized spacial score (nSPS) is 17.1. The van der Waals surface area contributed by atoms with Gasteiger partial charge < -0.3 is 14.8 Å². The molecule has 0 amide bonds. The van der Waals surface area contributed by atoms with E-state index in [1.165, 1.54) is 0 Å². The largest absolute Gasteiger partial charge is 0.478 e. The van der Waals surface area contributed by atoms with Crippen LogP contribution < -0.4 is 0 Å². The molecule has 0 unspecified atom stereocenters. The fourth-order valence-corrected chi connectivity index (χ4v) is 3.21. The fourth-order valence-electron chi connectivity index (χ4n) is 3.21. The van der Waals surface area contributed by atoms with Crippen LogP contribution >= 0.6 is 0 Å². The first-order valence-electron chi connectivity index (χ1n) is 7.36. The number of rotatable bonds is 4. The summed E-state index contributed by atoms with van der Waals surface area (Å²) in [6, 6.07) is 5.23. The summed E-state index contributed by atoms with van der Waals surface area (Å²) in [5.74, 6) is 0.0581. The first-order valence-corrected chi connectivity index (χ1v) is 7.36. The Morgan fingerprint density at radius 3 is 2.62 bits per heavy atom. The predicted octanol–water partition coefficient (Wildman–Crippen LogP) is 2.73. The summed E-state index contributed by atoms with van der Waals surface area (Å²) < 4.78 is 2.09. The molecule has 5 heteroatoms. The number of aliphatic hydroxyl groups is 1. The molecule has 1 aromatic carbocycles. The number of para-hydroxylation sites is 1. The van der Waals surface area contributed by atoms with Gasteiger partial charge in [-0.25, -0.2) is 9.78 Å². The van der Waals surface area contributed by atoms with Gasteiger partial charge in [0.05, 0.1) is 23.2 Å². The third-order valence-corrected chi connectivity index (χ3v) is 4.51. The molecule has 1 heterocycles. The van der Waals surface area contributed by atoms with Crippen LogP contribution in [-0.4, -0.2) is 32.3 Å². The average molecular weight is 288 g/mol. The van der Waals surface area contributed by atoms with E-state index in [2.05, 4.69) is 9.55 Å². The van der Waals surface area contributed by atoms with E-state index < -0.39 is 5.97 Å². The lowest BCUT2D eigenvalue weighted by atomic mass is 9.76. The summed E-state index contributed by atoms with van der Waals surface area (Å²) >= 11 is 0. The SMILES string of the molecule is CC(C)c1nc2c(C(=O)O)cccc2n1C1(CO)CCC1. The van der Waals surface area contributed by atoms with Crippen molar-refractivity contribution in [3.63, 3.8) is 0 Å². The van der Waals surface area contributed by atoms with Gasteiger partial charge in [-0.1, -0.05) is 19.9 Å². The van der Waals surface area contributed by atoms with Crippen molar-refractivity contribution < 1.29 is 15.0 Å². The van der Waals surface area contributed by atoms with Gasteiger partial charge in [0.15, 0.2) is 0 Å². The second kappa shape index (κ2) is 4.84. The molecule has 0 bridgehead atoms. The molecule has 0 radical (unpaired) electrons. The minimum absolute atomic E-state index is 0.0650. The summed E-state index contributed by atoms with van der Waals surface area (Å²) in [6.45, 7) is 4.15. The summed E-state index contributed by atoms with van der Waals surface area (Å²) in [7, 11) is 0. The second-order valence-corrected chi connectivity index (χ2v) is 6.17. The lowest BCUT2D eigenvalue weighted by Gasteiger charge is -2.43. The zero-order chi connectivity index (χ0) is 15.2. The molecule has 1 aliphatic rings. The maximum Gasteiger partial charge on any atom is 0.337 e. The number of imidazole rings is 1. The van der Waals surface area contributed by atoms with Crippen LogP contribution in [0.1, 0.15) is 55.2 Å². The van der Waals surface area contributed by atoms with Crippen molar-refractivity contribution >= 4 is 17.0 Å². The van der Waals surface area contributed by atoms with Gasteiger partial charge in [0.25, 0.3) is 0 Å². The molecule has 2 N–H and O–H groups in total. The van der Waals surface area contributed by atoms with Crippen LogP contribution in [-0.2, 0) is 5.54 Å². The molecule has 1 fully saturated rings. The molecule has 5 nitrogen and oxygen atoms in total. The van der Waals surface area contributed by atoms with E-state index in [1.54, 1.807) is 12.1 Å². The van der Waals surface area contributed by atoms with Crippen LogP contribution in [0.4, 0.5) is 0 Å². The Morgan fingerprint density at radius 2 is 2.14 bits per heavy atom. The second-order valence-electron chi connectivity index (χ2n) is 6.17. The van der Waals surface area contributed by atoms with Crippen molar-refractivity contribution in [2.75, 3.05) is 6.61 Å². The van der Waals surface area contributed by atoms with Gasteiger partial charge in [-0.3, -0.25) is 0 Å². The number of carboxylic acids is 1. The van der Waals surface area contributed by atoms with Crippen molar-refractivity contribution in [1.29, 1.82) is 0 Å². The molecule has 0 atom stereocenters. The maximum absolute atomic E-state index is 11.4. The molecule has 0 aliphatic heterocycles. The number of aromatic nitrogens is 2. The monoisotopic (exact) mass is 288 g/mol. The number of carbonyl (C=O) groups is 1. The quantitative estimate of drug-likeness (QED) is 0.907. The van der Waals surface area contributed by atoms with E-state index in [4.69, 9.17) is 0 Å². The van der Waals surface area contributed by atoms with Crippen LogP contribution in [0.25, 0.3) is 11.0 Å². The highest BCUT2D eigenvalue weighted by Crippen LogP contribution is 2.43. The van der Waals surface area contributed by atoms with Gasteiger partial charge in [-0.15, -0.1) is 0 Å². The number of aliphatic hydroxyl groups excluding tert-OH is 1. The van der Waals surface area contributed by atoms with Crippen molar-refractivity contribution in [1.82, 2.24) is 9.55 Å². The predicted molar refractivity (Wildman–Crippen MR) is 79.7 cm³/mol. The Morgan fingerprint density at radius 1 is 1.43 bits per heavy atom. The number of fused-ring (bicyclic) bond motifs is 1. The van der Waals surface area contributed by atoms with Gasteiger partial charge in [0.1, 0.15) is 11.3 Å².